The third kappa shape index (κ3) is 3.37. The Kier molecular flexibility index (Phi) is 4.32. The molecule has 3 heterocycles. The van der Waals surface area contributed by atoms with E-state index in [1.165, 1.54) is 0 Å². The molecule has 0 radical (unpaired) electrons. The highest BCUT2D eigenvalue weighted by atomic mass is 16.5. The van der Waals surface area contributed by atoms with E-state index in [0.717, 1.165) is 57.6 Å². The molecule has 0 aromatic carbocycles. The van der Waals surface area contributed by atoms with Crippen LogP contribution >= 0.6 is 0 Å². The van der Waals surface area contributed by atoms with Gasteiger partial charge in [0.25, 0.3) is 0 Å². The Bertz CT molecular complexity index is 448. The fourth-order valence-corrected chi connectivity index (χ4v) is 2.84. The molecule has 2 atom stereocenters. The second-order valence-electron chi connectivity index (χ2n) is 5.62. The van der Waals surface area contributed by atoms with Crippen LogP contribution in [0, 0.1) is 5.92 Å². The molecule has 0 saturated carbocycles. The van der Waals surface area contributed by atoms with Crippen LogP contribution in [-0.2, 0) is 16.1 Å². The van der Waals surface area contributed by atoms with Crippen molar-refractivity contribution in [1.82, 2.24) is 15.1 Å². The third-order valence-corrected chi connectivity index (χ3v) is 3.98. The van der Waals surface area contributed by atoms with Gasteiger partial charge in [-0.25, -0.2) is 0 Å². The summed E-state index contributed by atoms with van der Waals surface area (Å²) in [6.45, 7) is 3.41. The zero-order valence-electron chi connectivity index (χ0n) is 11.7. The van der Waals surface area contributed by atoms with Crippen molar-refractivity contribution in [2.24, 2.45) is 5.92 Å². The maximum Gasteiger partial charge on any atom is 0.228 e. The van der Waals surface area contributed by atoms with Gasteiger partial charge in [0.15, 0.2) is 0 Å². The van der Waals surface area contributed by atoms with Crippen molar-refractivity contribution in [1.29, 1.82) is 0 Å². The number of carbonyl (C=O) groups is 1. The zero-order valence-corrected chi connectivity index (χ0v) is 11.7. The lowest BCUT2D eigenvalue weighted by Crippen LogP contribution is -2.37. The minimum atomic E-state index is 0.0743. The zero-order chi connectivity index (χ0) is 13.8. The smallest absolute Gasteiger partial charge is 0.228 e. The maximum absolute atomic E-state index is 12.1. The average Bonchev–Trinajstić information content (AvgIpc) is 3.12. The number of anilines is 1. The first-order chi connectivity index (χ1) is 9.81. The van der Waals surface area contributed by atoms with Crippen LogP contribution in [0.1, 0.15) is 25.7 Å². The number of rotatable bonds is 4. The first-order valence-electron chi connectivity index (χ1n) is 7.47. The molecule has 2 saturated heterocycles. The second kappa shape index (κ2) is 6.37. The summed E-state index contributed by atoms with van der Waals surface area (Å²) in [5.74, 6) is 0.166. The minimum absolute atomic E-state index is 0.0743. The summed E-state index contributed by atoms with van der Waals surface area (Å²) in [5.41, 5.74) is 0.776. The quantitative estimate of drug-likeness (QED) is 0.862. The number of hydrogen-bond donors (Lipinski definition) is 2. The molecule has 1 aromatic rings. The van der Waals surface area contributed by atoms with Gasteiger partial charge in [0, 0.05) is 19.3 Å². The van der Waals surface area contributed by atoms with Crippen molar-refractivity contribution in [2.75, 3.05) is 25.0 Å². The van der Waals surface area contributed by atoms with Gasteiger partial charge in [-0.3, -0.25) is 9.48 Å². The number of ether oxygens (including phenoxy) is 1. The van der Waals surface area contributed by atoms with E-state index in [4.69, 9.17) is 4.74 Å². The summed E-state index contributed by atoms with van der Waals surface area (Å²) in [4.78, 5) is 12.1. The Morgan fingerprint density at radius 2 is 2.45 bits per heavy atom. The largest absolute Gasteiger partial charge is 0.376 e. The molecule has 110 valence electrons. The first kappa shape index (κ1) is 13.6. The number of aromatic nitrogens is 2. The van der Waals surface area contributed by atoms with Gasteiger partial charge in [0.1, 0.15) is 0 Å². The van der Waals surface area contributed by atoms with Crippen LogP contribution < -0.4 is 10.6 Å². The number of nitrogens with zero attached hydrogens (tertiary/aromatic N) is 2. The van der Waals surface area contributed by atoms with Crippen LogP contribution in [-0.4, -0.2) is 41.5 Å². The molecule has 1 aromatic heterocycles. The number of hydrogen-bond acceptors (Lipinski definition) is 4. The number of amides is 1. The summed E-state index contributed by atoms with van der Waals surface area (Å²) in [7, 11) is 0. The van der Waals surface area contributed by atoms with Crippen molar-refractivity contribution in [2.45, 2.75) is 38.3 Å². The molecule has 1 unspecified atom stereocenters. The van der Waals surface area contributed by atoms with E-state index in [9.17, 15) is 4.79 Å². The van der Waals surface area contributed by atoms with Gasteiger partial charge in [-0.15, -0.1) is 0 Å². The van der Waals surface area contributed by atoms with Crippen LogP contribution in [0.25, 0.3) is 0 Å². The monoisotopic (exact) mass is 278 g/mol. The van der Waals surface area contributed by atoms with Gasteiger partial charge in [-0.05, 0) is 32.2 Å². The first-order valence-corrected chi connectivity index (χ1v) is 7.47. The molecule has 1 amide bonds. The average molecular weight is 278 g/mol. The highest BCUT2D eigenvalue weighted by molar-refractivity contribution is 5.92. The van der Waals surface area contributed by atoms with E-state index in [0.29, 0.717) is 0 Å². The van der Waals surface area contributed by atoms with Gasteiger partial charge in [-0.1, -0.05) is 0 Å². The fraction of sp³-hybridized carbons (Fsp3) is 0.714. The Balaban J connectivity index is 1.52. The molecule has 0 bridgehead atoms. The molecular formula is C14H22N4O2. The van der Waals surface area contributed by atoms with Crippen LogP contribution in [0.4, 0.5) is 5.69 Å². The van der Waals surface area contributed by atoms with Gasteiger partial charge >= 0.3 is 0 Å². The standard InChI is InChI=1S/C14H22N4O2/c19-14(11-3-1-5-15-7-11)17-12-8-16-18(9-12)10-13-4-2-6-20-13/h8-9,11,13,15H,1-7,10H2,(H,17,19)/t11-,13?/m1/s1. The molecule has 0 aliphatic carbocycles. The topological polar surface area (TPSA) is 68.2 Å². The van der Waals surface area contributed by atoms with Crippen LogP contribution in [0.3, 0.4) is 0 Å². The molecule has 3 rings (SSSR count). The normalized spacial score (nSPS) is 26.6. The third-order valence-electron chi connectivity index (χ3n) is 3.98. The second-order valence-corrected chi connectivity index (χ2v) is 5.62. The van der Waals surface area contributed by atoms with Crippen molar-refractivity contribution >= 4 is 11.6 Å². The molecule has 2 aliphatic rings. The molecule has 6 nitrogen and oxygen atoms in total. The van der Waals surface area contributed by atoms with E-state index in [-0.39, 0.29) is 17.9 Å². The molecule has 0 spiro atoms. The van der Waals surface area contributed by atoms with Crippen molar-refractivity contribution in [3.05, 3.63) is 12.4 Å². The SMILES string of the molecule is O=C(Nc1cnn(CC2CCCO2)c1)[C@@H]1CCCNC1. The molecule has 2 N–H and O–H groups in total. The molecule has 6 heteroatoms. The molecule has 2 fully saturated rings. The predicted molar refractivity (Wildman–Crippen MR) is 75.4 cm³/mol. The number of piperidine rings is 1. The highest BCUT2D eigenvalue weighted by Gasteiger charge is 2.21. The lowest BCUT2D eigenvalue weighted by Gasteiger charge is -2.21. The fourth-order valence-electron chi connectivity index (χ4n) is 2.84. The minimum Gasteiger partial charge on any atom is -0.376 e. The number of nitrogens with one attached hydrogen (secondary N) is 2. The summed E-state index contributed by atoms with van der Waals surface area (Å²) in [6.07, 6.45) is 8.11. The van der Waals surface area contributed by atoms with Crippen LogP contribution in [0.2, 0.25) is 0 Å². The van der Waals surface area contributed by atoms with E-state index in [1.54, 1.807) is 6.20 Å². The maximum atomic E-state index is 12.1. The van der Waals surface area contributed by atoms with E-state index in [1.807, 2.05) is 10.9 Å². The van der Waals surface area contributed by atoms with Gasteiger partial charge in [-0.2, -0.15) is 5.10 Å². The Morgan fingerprint density at radius 3 is 3.20 bits per heavy atom. The van der Waals surface area contributed by atoms with Gasteiger partial charge < -0.3 is 15.4 Å². The van der Waals surface area contributed by atoms with Crippen molar-refractivity contribution < 1.29 is 9.53 Å². The van der Waals surface area contributed by atoms with Crippen molar-refractivity contribution in [3.63, 3.8) is 0 Å². The lowest BCUT2D eigenvalue weighted by atomic mass is 9.99. The predicted octanol–water partition coefficient (Wildman–Crippen LogP) is 1.00. The Morgan fingerprint density at radius 1 is 1.50 bits per heavy atom. The van der Waals surface area contributed by atoms with Gasteiger partial charge in [0.2, 0.25) is 5.91 Å². The summed E-state index contributed by atoms with van der Waals surface area (Å²) in [6, 6.07) is 0. The summed E-state index contributed by atoms with van der Waals surface area (Å²) >= 11 is 0. The summed E-state index contributed by atoms with van der Waals surface area (Å²) < 4.78 is 7.44. The van der Waals surface area contributed by atoms with Gasteiger partial charge in [0.05, 0.1) is 30.5 Å². The Labute approximate surface area is 118 Å². The molecule has 2 aliphatic heterocycles. The molecular weight excluding hydrogens is 256 g/mol. The Hall–Kier alpha value is -1.40. The molecule has 20 heavy (non-hydrogen) atoms. The summed E-state index contributed by atoms with van der Waals surface area (Å²) in [5, 5.41) is 10.5. The van der Waals surface area contributed by atoms with Crippen LogP contribution in [0.15, 0.2) is 12.4 Å². The number of carbonyl (C=O) groups excluding carboxylic acids is 1. The lowest BCUT2D eigenvalue weighted by molar-refractivity contribution is -0.120. The van der Waals surface area contributed by atoms with Crippen LogP contribution in [0.5, 0.6) is 0 Å². The van der Waals surface area contributed by atoms with E-state index < -0.39 is 0 Å². The van der Waals surface area contributed by atoms with Crippen molar-refractivity contribution in [3.8, 4) is 0 Å². The highest BCUT2D eigenvalue weighted by Crippen LogP contribution is 2.16. The van der Waals surface area contributed by atoms with E-state index in [2.05, 4.69) is 15.7 Å². The van der Waals surface area contributed by atoms with E-state index >= 15 is 0 Å².